The fraction of sp³-hybridized carbons (Fsp3) is 0.333. The zero-order valence-electron chi connectivity index (χ0n) is 6.62. The van der Waals surface area contributed by atoms with Gasteiger partial charge in [-0.05, 0) is 15.9 Å². The van der Waals surface area contributed by atoms with Gasteiger partial charge in [0.1, 0.15) is 10.3 Å². The van der Waals surface area contributed by atoms with E-state index in [9.17, 15) is 26.3 Å². The zero-order valence-corrected chi connectivity index (χ0v) is 8.20. The molecule has 0 radical (unpaired) electrons. The van der Waals surface area contributed by atoms with Crippen molar-refractivity contribution in [3.05, 3.63) is 22.2 Å². The smallest absolute Gasteiger partial charge is 0.220 e. The Morgan fingerprint density at radius 3 is 1.87 bits per heavy atom. The van der Waals surface area contributed by atoms with Crippen LogP contribution in [0, 0.1) is 0 Å². The molecule has 0 saturated heterocycles. The van der Waals surface area contributed by atoms with Crippen molar-refractivity contribution in [3.8, 4) is 0 Å². The quantitative estimate of drug-likeness (QED) is 0.542. The molecule has 0 aromatic carbocycles. The van der Waals surface area contributed by atoms with E-state index in [0.29, 0.717) is 6.07 Å². The molecule has 2 nitrogen and oxygen atoms in total. The number of aromatic nitrogens is 2. The fourth-order valence-electron chi connectivity index (χ4n) is 0.690. The molecule has 1 aromatic heterocycles. The van der Waals surface area contributed by atoms with Crippen molar-refractivity contribution in [2.75, 3.05) is 0 Å². The minimum Gasteiger partial charge on any atom is -0.220 e. The van der Waals surface area contributed by atoms with Crippen molar-refractivity contribution in [1.82, 2.24) is 9.97 Å². The van der Waals surface area contributed by atoms with Gasteiger partial charge < -0.3 is 0 Å². The molecule has 0 spiro atoms. The Labute approximate surface area is 87.5 Å². The van der Waals surface area contributed by atoms with Gasteiger partial charge in [-0.1, -0.05) is 0 Å². The molecular formula is C6HBrF6N2. The van der Waals surface area contributed by atoms with Crippen LogP contribution in [-0.4, -0.2) is 9.97 Å². The summed E-state index contributed by atoms with van der Waals surface area (Å²) in [5, 5.41) is 0. The topological polar surface area (TPSA) is 25.8 Å². The third-order valence-electron chi connectivity index (χ3n) is 1.24. The van der Waals surface area contributed by atoms with Gasteiger partial charge in [0.2, 0.25) is 5.82 Å². The number of alkyl halides is 6. The molecule has 0 bridgehead atoms. The molecule has 0 saturated carbocycles. The van der Waals surface area contributed by atoms with Crippen molar-refractivity contribution < 1.29 is 26.3 Å². The lowest BCUT2D eigenvalue weighted by atomic mass is 10.4. The first-order chi connectivity index (χ1) is 6.60. The molecular weight excluding hydrogens is 294 g/mol. The number of halogens is 7. The van der Waals surface area contributed by atoms with Crippen molar-refractivity contribution in [1.29, 1.82) is 0 Å². The van der Waals surface area contributed by atoms with Crippen LogP contribution in [0.5, 0.6) is 0 Å². The lowest BCUT2D eigenvalue weighted by Gasteiger charge is -2.09. The van der Waals surface area contributed by atoms with Crippen LogP contribution in [0.1, 0.15) is 11.5 Å². The largest absolute Gasteiger partial charge is 0.451 e. The first-order valence-electron chi connectivity index (χ1n) is 3.29. The predicted molar refractivity (Wildman–Crippen MR) is 39.7 cm³/mol. The molecule has 1 aromatic rings. The summed E-state index contributed by atoms with van der Waals surface area (Å²) in [6.07, 6.45) is -9.95. The minimum absolute atomic E-state index is 0.370. The van der Waals surface area contributed by atoms with Crippen molar-refractivity contribution in [2.24, 2.45) is 0 Å². The first-order valence-corrected chi connectivity index (χ1v) is 4.09. The maximum atomic E-state index is 12.1. The summed E-state index contributed by atoms with van der Waals surface area (Å²) in [4.78, 5) is 5.18. The van der Waals surface area contributed by atoms with E-state index >= 15 is 0 Å². The van der Waals surface area contributed by atoms with Gasteiger partial charge in [-0.2, -0.15) is 26.3 Å². The molecule has 9 heteroatoms. The summed E-state index contributed by atoms with van der Waals surface area (Å²) in [5.74, 6) is -1.83. The van der Waals surface area contributed by atoms with Gasteiger partial charge in [0.05, 0.1) is 0 Å². The Morgan fingerprint density at radius 1 is 0.933 bits per heavy atom. The van der Waals surface area contributed by atoms with Gasteiger partial charge in [0.25, 0.3) is 0 Å². The monoisotopic (exact) mass is 294 g/mol. The third kappa shape index (κ3) is 3.05. The van der Waals surface area contributed by atoms with Gasteiger partial charge in [0, 0.05) is 6.07 Å². The Kier molecular flexibility index (Phi) is 2.94. The van der Waals surface area contributed by atoms with E-state index in [1.54, 1.807) is 0 Å². The molecule has 15 heavy (non-hydrogen) atoms. The van der Waals surface area contributed by atoms with E-state index in [4.69, 9.17) is 0 Å². The van der Waals surface area contributed by atoms with Crippen LogP contribution in [-0.2, 0) is 12.4 Å². The summed E-state index contributed by atoms with van der Waals surface area (Å²) >= 11 is 2.45. The van der Waals surface area contributed by atoms with Gasteiger partial charge in [-0.25, -0.2) is 9.97 Å². The van der Waals surface area contributed by atoms with Gasteiger partial charge >= 0.3 is 12.4 Å². The number of hydrogen-bond acceptors (Lipinski definition) is 2. The van der Waals surface area contributed by atoms with E-state index in [1.165, 1.54) is 0 Å². The van der Waals surface area contributed by atoms with E-state index < -0.39 is 28.5 Å². The average Bonchev–Trinajstić information content (AvgIpc) is 1.99. The lowest BCUT2D eigenvalue weighted by Crippen LogP contribution is -2.17. The Balaban J connectivity index is 3.30. The highest BCUT2D eigenvalue weighted by molar-refractivity contribution is 9.10. The van der Waals surface area contributed by atoms with Gasteiger partial charge in [-0.15, -0.1) is 0 Å². The van der Waals surface area contributed by atoms with Crippen molar-refractivity contribution in [3.63, 3.8) is 0 Å². The summed E-state index contributed by atoms with van der Waals surface area (Å²) < 4.78 is 71.7. The Hall–Kier alpha value is -0.860. The molecule has 0 aliphatic carbocycles. The van der Waals surface area contributed by atoms with Crippen LogP contribution < -0.4 is 0 Å². The maximum absolute atomic E-state index is 12.1. The fourth-order valence-corrected chi connectivity index (χ4v) is 1.07. The molecule has 0 atom stereocenters. The normalized spacial score (nSPS) is 13.0. The van der Waals surface area contributed by atoms with E-state index in [-0.39, 0.29) is 0 Å². The highest BCUT2D eigenvalue weighted by Gasteiger charge is 2.39. The first kappa shape index (κ1) is 12.2. The zero-order chi connectivity index (χ0) is 11.9. The van der Waals surface area contributed by atoms with Crippen LogP contribution in [0.25, 0.3) is 0 Å². The summed E-state index contributed by atoms with van der Waals surface area (Å²) in [7, 11) is 0. The highest BCUT2D eigenvalue weighted by Crippen LogP contribution is 2.32. The summed E-state index contributed by atoms with van der Waals surface area (Å²) in [6.45, 7) is 0. The molecule has 0 fully saturated rings. The predicted octanol–water partition coefficient (Wildman–Crippen LogP) is 3.28. The van der Waals surface area contributed by atoms with Crippen LogP contribution >= 0.6 is 15.9 Å². The molecule has 0 amide bonds. The van der Waals surface area contributed by atoms with E-state index in [0.717, 1.165) is 0 Å². The SMILES string of the molecule is FC(F)(F)c1cc(Br)nc(C(F)(F)F)n1. The van der Waals surface area contributed by atoms with Crippen LogP contribution in [0.3, 0.4) is 0 Å². The average molecular weight is 295 g/mol. The minimum atomic E-state index is -5.01. The summed E-state index contributed by atoms with van der Waals surface area (Å²) in [6, 6.07) is 0.370. The van der Waals surface area contributed by atoms with Crippen LogP contribution in [0.2, 0.25) is 0 Å². The third-order valence-corrected chi connectivity index (χ3v) is 1.65. The molecule has 0 N–H and O–H groups in total. The second-order valence-electron chi connectivity index (χ2n) is 2.40. The summed E-state index contributed by atoms with van der Waals surface area (Å²) in [5.41, 5.74) is -1.64. The molecule has 0 unspecified atom stereocenters. The molecule has 0 aliphatic rings. The Bertz CT molecular complexity index is 339. The Morgan fingerprint density at radius 2 is 1.47 bits per heavy atom. The van der Waals surface area contributed by atoms with E-state index in [1.807, 2.05) is 0 Å². The maximum Gasteiger partial charge on any atom is 0.451 e. The van der Waals surface area contributed by atoms with Crippen LogP contribution in [0.4, 0.5) is 26.3 Å². The standard InChI is InChI=1S/C6HBrF6N2/c7-3-1-2(5(8,9)10)14-4(15-3)6(11,12)13/h1H. The molecule has 0 aliphatic heterocycles. The van der Waals surface area contributed by atoms with Crippen LogP contribution in [0.15, 0.2) is 10.7 Å². The second kappa shape index (κ2) is 3.62. The highest BCUT2D eigenvalue weighted by atomic mass is 79.9. The molecule has 1 rings (SSSR count). The number of hydrogen-bond donors (Lipinski definition) is 0. The van der Waals surface area contributed by atoms with Crippen molar-refractivity contribution in [2.45, 2.75) is 12.4 Å². The van der Waals surface area contributed by atoms with Gasteiger partial charge in [-0.3, -0.25) is 0 Å². The molecule has 84 valence electrons. The van der Waals surface area contributed by atoms with E-state index in [2.05, 4.69) is 25.9 Å². The second-order valence-corrected chi connectivity index (χ2v) is 3.21. The van der Waals surface area contributed by atoms with Gasteiger partial charge in [0.15, 0.2) is 0 Å². The number of nitrogens with zero attached hydrogens (tertiary/aromatic N) is 2. The molecule has 1 heterocycles. The number of rotatable bonds is 0. The van der Waals surface area contributed by atoms with Crippen molar-refractivity contribution >= 4 is 15.9 Å². The lowest BCUT2D eigenvalue weighted by molar-refractivity contribution is -0.152.